The number of hydrogen-bond acceptors (Lipinski definition) is 4. The smallest absolute Gasteiger partial charge is 0.112 e. The fourth-order valence-electron chi connectivity index (χ4n) is 1.53. The van der Waals surface area contributed by atoms with Crippen molar-refractivity contribution in [3.05, 3.63) is 40.4 Å². The van der Waals surface area contributed by atoms with Crippen molar-refractivity contribution in [1.82, 2.24) is 15.0 Å². The molecule has 0 spiro atoms. The summed E-state index contributed by atoms with van der Waals surface area (Å²) in [4.78, 5) is 13.1. The van der Waals surface area contributed by atoms with Crippen molar-refractivity contribution in [2.24, 2.45) is 5.73 Å². The van der Waals surface area contributed by atoms with Crippen molar-refractivity contribution < 1.29 is 0 Å². The Hall–Kier alpha value is -1.33. The van der Waals surface area contributed by atoms with Gasteiger partial charge >= 0.3 is 0 Å². The van der Waals surface area contributed by atoms with Crippen LogP contribution in [-0.4, -0.2) is 15.0 Å². The van der Waals surface area contributed by atoms with Crippen LogP contribution in [-0.2, 0) is 0 Å². The quantitative estimate of drug-likeness (QED) is 0.924. The lowest BCUT2D eigenvalue weighted by Crippen LogP contribution is -2.11. The van der Waals surface area contributed by atoms with Crippen LogP contribution in [0.2, 0.25) is 0 Å². The second-order valence-electron chi connectivity index (χ2n) is 3.90. The molecule has 0 radical (unpaired) electrons. The molecule has 0 bridgehead atoms. The van der Waals surface area contributed by atoms with Crippen LogP contribution >= 0.6 is 15.9 Å². The standard InChI is InChI=1S/C12H13BrN4/c1-7-5-16-12(11(17-7)8(2)14)10-4-3-9(13)6-15-10/h3-6,8H,14H2,1-2H3/t8-/m0/s1. The van der Waals surface area contributed by atoms with Crippen molar-refractivity contribution in [3.63, 3.8) is 0 Å². The maximum absolute atomic E-state index is 5.91. The molecule has 0 amide bonds. The highest BCUT2D eigenvalue weighted by Crippen LogP contribution is 2.23. The third kappa shape index (κ3) is 2.68. The normalized spacial score (nSPS) is 12.5. The zero-order valence-electron chi connectivity index (χ0n) is 9.68. The van der Waals surface area contributed by atoms with Gasteiger partial charge in [0.2, 0.25) is 0 Å². The van der Waals surface area contributed by atoms with Crippen LogP contribution in [0.3, 0.4) is 0 Å². The number of aryl methyl sites for hydroxylation is 1. The van der Waals surface area contributed by atoms with Crippen LogP contribution in [0.15, 0.2) is 29.0 Å². The van der Waals surface area contributed by atoms with Gasteiger partial charge in [-0.2, -0.15) is 0 Å². The molecule has 1 atom stereocenters. The lowest BCUT2D eigenvalue weighted by molar-refractivity contribution is 0.768. The van der Waals surface area contributed by atoms with E-state index < -0.39 is 0 Å². The highest BCUT2D eigenvalue weighted by Gasteiger charge is 2.13. The van der Waals surface area contributed by atoms with Crippen molar-refractivity contribution in [3.8, 4) is 11.4 Å². The van der Waals surface area contributed by atoms with Gasteiger partial charge in [0.05, 0.1) is 17.1 Å². The maximum atomic E-state index is 5.91. The van der Waals surface area contributed by atoms with Crippen LogP contribution < -0.4 is 5.73 Å². The number of hydrogen-bond donors (Lipinski definition) is 1. The van der Waals surface area contributed by atoms with Gasteiger partial charge in [0, 0.05) is 22.9 Å². The fraction of sp³-hybridized carbons (Fsp3) is 0.250. The average Bonchev–Trinajstić information content (AvgIpc) is 2.30. The molecule has 2 N–H and O–H groups in total. The molecule has 0 fully saturated rings. The Morgan fingerprint density at radius 2 is 2.00 bits per heavy atom. The van der Waals surface area contributed by atoms with Crippen molar-refractivity contribution in [2.45, 2.75) is 19.9 Å². The molecule has 0 aromatic carbocycles. The topological polar surface area (TPSA) is 64.7 Å². The van der Waals surface area contributed by atoms with E-state index in [0.29, 0.717) is 0 Å². The Kier molecular flexibility index (Phi) is 3.49. The van der Waals surface area contributed by atoms with E-state index in [4.69, 9.17) is 5.73 Å². The Bertz CT molecular complexity index is 523. The highest BCUT2D eigenvalue weighted by molar-refractivity contribution is 9.10. The Labute approximate surface area is 108 Å². The molecule has 0 aliphatic rings. The number of aromatic nitrogens is 3. The van der Waals surface area contributed by atoms with E-state index in [9.17, 15) is 0 Å². The van der Waals surface area contributed by atoms with E-state index >= 15 is 0 Å². The monoisotopic (exact) mass is 292 g/mol. The number of rotatable bonds is 2. The zero-order chi connectivity index (χ0) is 12.4. The molecule has 2 heterocycles. The second-order valence-corrected chi connectivity index (χ2v) is 4.81. The lowest BCUT2D eigenvalue weighted by Gasteiger charge is -2.10. The molecule has 2 aromatic rings. The average molecular weight is 293 g/mol. The molecule has 0 aliphatic heterocycles. The summed E-state index contributed by atoms with van der Waals surface area (Å²) in [5.74, 6) is 0. The summed E-state index contributed by atoms with van der Waals surface area (Å²) in [6.45, 7) is 3.80. The third-order valence-electron chi connectivity index (χ3n) is 2.32. The number of pyridine rings is 1. The molecular weight excluding hydrogens is 280 g/mol. The van der Waals surface area contributed by atoms with Gasteiger partial charge in [-0.25, -0.2) is 0 Å². The van der Waals surface area contributed by atoms with Gasteiger partial charge in [0.15, 0.2) is 0 Å². The molecule has 17 heavy (non-hydrogen) atoms. The van der Waals surface area contributed by atoms with E-state index in [0.717, 1.165) is 27.2 Å². The van der Waals surface area contributed by atoms with Crippen LogP contribution in [0.1, 0.15) is 24.4 Å². The number of halogens is 1. The summed E-state index contributed by atoms with van der Waals surface area (Å²) in [5.41, 5.74) is 9.08. The molecule has 88 valence electrons. The van der Waals surface area contributed by atoms with E-state index in [1.54, 1.807) is 12.4 Å². The van der Waals surface area contributed by atoms with Gasteiger partial charge in [-0.15, -0.1) is 0 Å². The number of nitrogens with two attached hydrogens (primary N) is 1. The van der Waals surface area contributed by atoms with Crippen LogP contribution in [0, 0.1) is 6.92 Å². The van der Waals surface area contributed by atoms with Crippen molar-refractivity contribution in [1.29, 1.82) is 0 Å². The van der Waals surface area contributed by atoms with Gasteiger partial charge < -0.3 is 5.73 Å². The van der Waals surface area contributed by atoms with Crippen molar-refractivity contribution >= 4 is 15.9 Å². The van der Waals surface area contributed by atoms with Gasteiger partial charge in [0.25, 0.3) is 0 Å². The van der Waals surface area contributed by atoms with Gasteiger partial charge in [-0.1, -0.05) is 0 Å². The van der Waals surface area contributed by atoms with E-state index in [1.807, 2.05) is 26.0 Å². The Morgan fingerprint density at radius 3 is 2.59 bits per heavy atom. The molecule has 0 unspecified atom stereocenters. The summed E-state index contributed by atoms with van der Waals surface area (Å²) < 4.78 is 0.934. The van der Waals surface area contributed by atoms with Crippen LogP contribution in [0.4, 0.5) is 0 Å². The summed E-state index contributed by atoms with van der Waals surface area (Å²) in [6, 6.07) is 3.66. The molecule has 0 saturated heterocycles. The zero-order valence-corrected chi connectivity index (χ0v) is 11.3. The minimum absolute atomic E-state index is 0.164. The predicted molar refractivity (Wildman–Crippen MR) is 70.3 cm³/mol. The first-order chi connectivity index (χ1) is 8.08. The van der Waals surface area contributed by atoms with Gasteiger partial charge in [0.1, 0.15) is 5.69 Å². The SMILES string of the molecule is Cc1cnc(-c2ccc(Br)cn2)c([C@H](C)N)n1. The molecule has 2 rings (SSSR count). The fourth-order valence-corrected chi connectivity index (χ4v) is 1.76. The Balaban J connectivity index is 2.54. The first-order valence-corrected chi connectivity index (χ1v) is 6.08. The van der Waals surface area contributed by atoms with Crippen molar-refractivity contribution in [2.75, 3.05) is 0 Å². The minimum Gasteiger partial charge on any atom is -0.323 e. The number of nitrogens with zero attached hydrogens (tertiary/aromatic N) is 3. The van der Waals surface area contributed by atoms with Crippen LogP contribution in [0.5, 0.6) is 0 Å². The molecule has 0 saturated carbocycles. The predicted octanol–water partition coefficient (Wildman–Crippen LogP) is 2.63. The van der Waals surface area contributed by atoms with Gasteiger partial charge in [-0.3, -0.25) is 15.0 Å². The maximum Gasteiger partial charge on any atom is 0.112 e. The first kappa shape index (κ1) is 12.1. The highest BCUT2D eigenvalue weighted by atomic mass is 79.9. The van der Waals surface area contributed by atoms with E-state index in [-0.39, 0.29) is 6.04 Å². The summed E-state index contributed by atoms with van der Waals surface area (Å²) >= 11 is 3.35. The lowest BCUT2D eigenvalue weighted by atomic mass is 10.1. The largest absolute Gasteiger partial charge is 0.323 e. The third-order valence-corrected chi connectivity index (χ3v) is 2.79. The molecule has 5 heteroatoms. The summed E-state index contributed by atoms with van der Waals surface area (Å²) in [7, 11) is 0. The second kappa shape index (κ2) is 4.89. The summed E-state index contributed by atoms with van der Waals surface area (Å²) in [6.07, 6.45) is 3.47. The minimum atomic E-state index is -0.164. The van der Waals surface area contributed by atoms with Gasteiger partial charge in [-0.05, 0) is 41.9 Å². The molecular formula is C12H13BrN4. The Morgan fingerprint density at radius 1 is 1.24 bits per heavy atom. The van der Waals surface area contributed by atoms with E-state index in [1.165, 1.54) is 0 Å². The molecule has 0 aliphatic carbocycles. The van der Waals surface area contributed by atoms with E-state index in [2.05, 4.69) is 30.9 Å². The summed E-state index contributed by atoms with van der Waals surface area (Å²) in [5, 5.41) is 0. The molecule has 4 nitrogen and oxygen atoms in total. The first-order valence-electron chi connectivity index (χ1n) is 5.29. The van der Waals surface area contributed by atoms with Crippen LogP contribution in [0.25, 0.3) is 11.4 Å². The molecule has 2 aromatic heterocycles.